The molecule has 144 valence electrons. The SMILES string of the molecule is CCOc1cc(/C=N/Nc2nnc(C)c(=O)[nH]2)ccc1OCc1ccccc1. The maximum absolute atomic E-state index is 11.5. The molecule has 0 aliphatic rings. The number of aryl methyl sites for hydroxylation is 1. The van der Waals surface area contributed by atoms with E-state index >= 15 is 0 Å². The first kappa shape index (κ1) is 19.1. The van der Waals surface area contributed by atoms with E-state index in [4.69, 9.17) is 9.47 Å². The van der Waals surface area contributed by atoms with Crippen LogP contribution in [0.25, 0.3) is 0 Å². The molecule has 2 N–H and O–H groups in total. The first-order valence-electron chi connectivity index (χ1n) is 8.82. The molecule has 0 aliphatic heterocycles. The molecule has 0 atom stereocenters. The molecule has 0 amide bonds. The third-order valence-corrected chi connectivity index (χ3v) is 3.75. The van der Waals surface area contributed by atoms with E-state index in [0.717, 1.165) is 11.1 Å². The molecule has 0 fully saturated rings. The Bertz CT molecular complexity index is 1000. The van der Waals surface area contributed by atoms with Gasteiger partial charge in [0.1, 0.15) is 12.3 Å². The number of nitrogens with zero attached hydrogens (tertiary/aromatic N) is 3. The van der Waals surface area contributed by atoms with E-state index in [-0.39, 0.29) is 11.5 Å². The Kier molecular flexibility index (Phi) is 6.35. The van der Waals surface area contributed by atoms with Crippen molar-refractivity contribution in [2.75, 3.05) is 12.0 Å². The number of hydrazone groups is 1. The van der Waals surface area contributed by atoms with Gasteiger partial charge in [0.05, 0.1) is 12.8 Å². The van der Waals surface area contributed by atoms with Gasteiger partial charge in [-0.05, 0) is 43.2 Å². The number of aromatic amines is 1. The van der Waals surface area contributed by atoms with Gasteiger partial charge < -0.3 is 9.47 Å². The van der Waals surface area contributed by atoms with Crippen molar-refractivity contribution in [3.05, 3.63) is 75.7 Å². The number of ether oxygens (including phenoxy) is 2. The van der Waals surface area contributed by atoms with Gasteiger partial charge in [0.25, 0.3) is 5.56 Å². The van der Waals surface area contributed by atoms with Gasteiger partial charge in [-0.15, -0.1) is 10.2 Å². The minimum absolute atomic E-state index is 0.166. The maximum Gasteiger partial charge on any atom is 0.274 e. The highest BCUT2D eigenvalue weighted by Gasteiger charge is 2.06. The average Bonchev–Trinajstić information content (AvgIpc) is 2.71. The summed E-state index contributed by atoms with van der Waals surface area (Å²) in [7, 11) is 0. The fraction of sp³-hybridized carbons (Fsp3) is 0.200. The molecule has 0 aliphatic carbocycles. The van der Waals surface area contributed by atoms with Crippen LogP contribution in [-0.4, -0.2) is 28.0 Å². The van der Waals surface area contributed by atoms with E-state index in [1.807, 2.05) is 55.5 Å². The Hall–Kier alpha value is -3.68. The molecule has 28 heavy (non-hydrogen) atoms. The molecular weight excluding hydrogens is 358 g/mol. The van der Waals surface area contributed by atoms with Crippen LogP contribution in [0.3, 0.4) is 0 Å². The van der Waals surface area contributed by atoms with E-state index in [9.17, 15) is 4.79 Å². The summed E-state index contributed by atoms with van der Waals surface area (Å²) in [5, 5.41) is 11.6. The number of rotatable bonds is 8. The molecule has 0 radical (unpaired) electrons. The van der Waals surface area contributed by atoms with Gasteiger partial charge in [-0.2, -0.15) is 5.10 Å². The highest BCUT2D eigenvalue weighted by molar-refractivity contribution is 5.81. The summed E-state index contributed by atoms with van der Waals surface area (Å²) >= 11 is 0. The predicted octanol–water partition coefficient (Wildman–Crippen LogP) is 2.90. The van der Waals surface area contributed by atoms with Gasteiger partial charge in [0.15, 0.2) is 11.5 Å². The lowest BCUT2D eigenvalue weighted by Crippen LogP contribution is -2.15. The monoisotopic (exact) mass is 379 g/mol. The second-order valence-electron chi connectivity index (χ2n) is 5.87. The fourth-order valence-electron chi connectivity index (χ4n) is 2.34. The molecule has 0 saturated carbocycles. The Balaban J connectivity index is 1.68. The van der Waals surface area contributed by atoms with Gasteiger partial charge >= 0.3 is 0 Å². The molecule has 8 heteroatoms. The third-order valence-electron chi connectivity index (χ3n) is 3.75. The number of hydrogen-bond donors (Lipinski definition) is 2. The number of hydrogen-bond acceptors (Lipinski definition) is 7. The van der Waals surface area contributed by atoms with Gasteiger partial charge in [-0.3, -0.25) is 9.78 Å². The molecule has 1 heterocycles. The smallest absolute Gasteiger partial charge is 0.274 e. The highest BCUT2D eigenvalue weighted by Crippen LogP contribution is 2.28. The second kappa shape index (κ2) is 9.31. The van der Waals surface area contributed by atoms with E-state index in [0.29, 0.717) is 30.4 Å². The summed E-state index contributed by atoms with van der Waals surface area (Å²) in [6.45, 7) is 4.46. The minimum Gasteiger partial charge on any atom is -0.490 e. The number of aromatic nitrogens is 3. The number of anilines is 1. The summed E-state index contributed by atoms with van der Waals surface area (Å²) in [5.41, 5.74) is 4.50. The van der Waals surface area contributed by atoms with E-state index in [1.54, 1.807) is 13.1 Å². The van der Waals surface area contributed by atoms with Crippen LogP contribution in [0.5, 0.6) is 11.5 Å². The first-order chi connectivity index (χ1) is 13.7. The standard InChI is InChI=1S/C20H21N5O3/c1-3-27-18-11-16(12-21-24-20-22-19(26)14(2)23-25-20)9-10-17(18)28-13-15-7-5-4-6-8-15/h4-12H,3,13H2,1-2H3,(H2,22,24,25,26)/b21-12+. The van der Waals surface area contributed by atoms with Crippen LogP contribution >= 0.6 is 0 Å². The first-order valence-corrected chi connectivity index (χ1v) is 8.82. The second-order valence-corrected chi connectivity index (χ2v) is 5.87. The van der Waals surface area contributed by atoms with Crippen LogP contribution in [0.4, 0.5) is 5.95 Å². The number of nitrogens with one attached hydrogen (secondary N) is 2. The molecule has 0 spiro atoms. The summed E-state index contributed by atoms with van der Waals surface area (Å²) in [6, 6.07) is 15.4. The van der Waals surface area contributed by atoms with E-state index in [2.05, 4.69) is 25.7 Å². The molecule has 1 aromatic heterocycles. The Labute approximate surface area is 162 Å². The van der Waals surface area contributed by atoms with Gasteiger partial charge in [0, 0.05) is 0 Å². The predicted molar refractivity (Wildman–Crippen MR) is 107 cm³/mol. The van der Waals surface area contributed by atoms with Crippen molar-refractivity contribution in [3.8, 4) is 11.5 Å². The molecule has 3 rings (SSSR count). The lowest BCUT2D eigenvalue weighted by atomic mass is 10.2. The quantitative estimate of drug-likeness (QED) is 0.461. The normalized spacial score (nSPS) is 10.8. The zero-order valence-corrected chi connectivity index (χ0v) is 15.7. The third kappa shape index (κ3) is 5.16. The van der Waals surface area contributed by atoms with Crippen LogP contribution in [0.1, 0.15) is 23.7 Å². The largest absolute Gasteiger partial charge is 0.490 e. The summed E-state index contributed by atoms with van der Waals surface area (Å²) in [5.74, 6) is 1.45. The lowest BCUT2D eigenvalue weighted by molar-refractivity contribution is 0.269. The van der Waals surface area contributed by atoms with E-state index < -0.39 is 0 Å². The molecule has 0 unspecified atom stereocenters. The maximum atomic E-state index is 11.5. The van der Waals surface area contributed by atoms with Crippen LogP contribution in [0, 0.1) is 6.92 Å². The van der Waals surface area contributed by atoms with Crippen LogP contribution in [-0.2, 0) is 6.61 Å². The van der Waals surface area contributed by atoms with Crippen molar-refractivity contribution >= 4 is 12.2 Å². The van der Waals surface area contributed by atoms with Crippen molar-refractivity contribution in [2.45, 2.75) is 20.5 Å². The summed E-state index contributed by atoms with van der Waals surface area (Å²) in [6.07, 6.45) is 1.59. The molecule has 3 aromatic rings. The zero-order chi connectivity index (χ0) is 19.8. The van der Waals surface area contributed by atoms with Crippen LogP contribution in [0.15, 0.2) is 58.4 Å². The van der Waals surface area contributed by atoms with Crippen LogP contribution in [0.2, 0.25) is 0 Å². The van der Waals surface area contributed by atoms with Crippen molar-refractivity contribution in [3.63, 3.8) is 0 Å². The van der Waals surface area contributed by atoms with Crippen molar-refractivity contribution in [1.29, 1.82) is 0 Å². The Morgan fingerprint density at radius 3 is 2.68 bits per heavy atom. The summed E-state index contributed by atoms with van der Waals surface area (Å²) in [4.78, 5) is 14.0. The molecule has 0 saturated heterocycles. The fourth-order valence-corrected chi connectivity index (χ4v) is 2.34. The Morgan fingerprint density at radius 2 is 1.93 bits per heavy atom. The van der Waals surface area contributed by atoms with Crippen LogP contribution < -0.4 is 20.5 Å². The highest BCUT2D eigenvalue weighted by atomic mass is 16.5. The van der Waals surface area contributed by atoms with Gasteiger partial charge in [0.2, 0.25) is 5.95 Å². The lowest BCUT2D eigenvalue weighted by Gasteiger charge is -2.12. The van der Waals surface area contributed by atoms with Crippen molar-refractivity contribution in [1.82, 2.24) is 15.2 Å². The van der Waals surface area contributed by atoms with E-state index in [1.165, 1.54) is 0 Å². The molecule has 0 bridgehead atoms. The van der Waals surface area contributed by atoms with Crippen molar-refractivity contribution < 1.29 is 9.47 Å². The summed E-state index contributed by atoms with van der Waals surface area (Å²) < 4.78 is 11.6. The zero-order valence-electron chi connectivity index (χ0n) is 15.7. The van der Waals surface area contributed by atoms with Gasteiger partial charge in [-0.1, -0.05) is 30.3 Å². The van der Waals surface area contributed by atoms with Crippen molar-refractivity contribution in [2.24, 2.45) is 5.10 Å². The minimum atomic E-state index is -0.314. The topological polar surface area (TPSA) is 101 Å². The Morgan fingerprint density at radius 1 is 1.11 bits per heavy atom. The number of benzene rings is 2. The molecular formula is C20H21N5O3. The molecule has 2 aromatic carbocycles. The molecule has 8 nitrogen and oxygen atoms in total. The average molecular weight is 379 g/mol. The van der Waals surface area contributed by atoms with Gasteiger partial charge in [-0.25, -0.2) is 5.43 Å². The number of H-pyrrole nitrogens is 1.